The molecule has 1 unspecified atom stereocenters. The summed E-state index contributed by atoms with van der Waals surface area (Å²) in [6.07, 6.45) is 2.65. The van der Waals surface area contributed by atoms with Crippen LogP contribution in [0.3, 0.4) is 0 Å². The van der Waals surface area contributed by atoms with Gasteiger partial charge in [0.25, 0.3) is 0 Å². The summed E-state index contributed by atoms with van der Waals surface area (Å²) in [5, 5.41) is 2.79. The number of sulfonamides is 1. The van der Waals surface area contributed by atoms with E-state index < -0.39 is 10.0 Å². The van der Waals surface area contributed by atoms with E-state index in [4.69, 9.17) is 4.74 Å². The van der Waals surface area contributed by atoms with Crippen LogP contribution < -0.4 is 14.8 Å². The molecule has 1 fully saturated rings. The summed E-state index contributed by atoms with van der Waals surface area (Å²) in [5.74, 6) is 0.761. The van der Waals surface area contributed by atoms with Gasteiger partial charge in [0.2, 0.25) is 10.0 Å². The van der Waals surface area contributed by atoms with E-state index in [1.165, 1.54) is 0 Å². The lowest BCUT2D eigenvalue weighted by Crippen LogP contribution is -2.52. The summed E-state index contributed by atoms with van der Waals surface area (Å²) < 4.78 is 30.6. The van der Waals surface area contributed by atoms with Crippen LogP contribution in [0.1, 0.15) is 12.8 Å². The largest absolute Gasteiger partial charge is 0.492 e. The highest BCUT2D eigenvalue weighted by Gasteiger charge is 2.25. The smallest absolute Gasteiger partial charge is 0.317 e. The molecule has 0 spiro atoms. The molecule has 1 heterocycles. The Morgan fingerprint density at radius 1 is 1.35 bits per heavy atom. The standard InChI is InChI=1S/C15H23N3O4S/c1-23(20,21)17-13-6-5-10-18(12-13)15(19)16-9-11-22-14-7-3-2-4-8-14/h2-4,7-8,13,17H,5-6,9-12H2,1H3,(H,16,19). The number of piperidine rings is 1. The molecule has 1 aromatic rings. The summed E-state index contributed by atoms with van der Waals surface area (Å²) in [7, 11) is -3.25. The third kappa shape index (κ3) is 6.45. The zero-order valence-corrected chi connectivity index (χ0v) is 14.0. The normalized spacial score (nSPS) is 18.5. The predicted molar refractivity (Wildman–Crippen MR) is 87.9 cm³/mol. The van der Waals surface area contributed by atoms with Crippen LogP contribution in [0.4, 0.5) is 4.79 Å². The number of nitrogens with one attached hydrogen (secondary N) is 2. The molecule has 1 aliphatic rings. The number of ether oxygens (including phenoxy) is 1. The van der Waals surface area contributed by atoms with Crippen LogP contribution in [0.15, 0.2) is 30.3 Å². The van der Waals surface area contributed by atoms with Crippen LogP contribution in [0.5, 0.6) is 5.75 Å². The van der Waals surface area contributed by atoms with Crippen LogP contribution in [0, 0.1) is 0 Å². The van der Waals surface area contributed by atoms with Gasteiger partial charge in [-0.2, -0.15) is 0 Å². The first-order valence-corrected chi connectivity index (χ1v) is 9.51. The van der Waals surface area contributed by atoms with Crippen LogP contribution >= 0.6 is 0 Å². The number of rotatable bonds is 6. The molecule has 0 saturated carbocycles. The van der Waals surface area contributed by atoms with E-state index in [0.717, 1.165) is 24.8 Å². The summed E-state index contributed by atoms with van der Waals surface area (Å²) >= 11 is 0. The van der Waals surface area contributed by atoms with Gasteiger partial charge < -0.3 is 15.0 Å². The molecule has 1 aromatic carbocycles. The number of likely N-dealkylation sites (tertiary alicyclic amines) is 1. The molecule has 1 atom stereocenters. The van der Waals surface area contributed by atoms with Gasteiger partial charge in [-0.1, -0.05) is 18.2 Å². The quantitative estimate of drug-likeness (QED) is 0.749. The molecule has 1 aliphatic heterocycles. The van der Waals surface area contributed by atoms with E-state index in [1.54, 1.807) is 4.90 Å². The number of carbonyl (C=O) groups is 1. The number of para-hydroxylation sites is 1. The van der Waals surface area contributed by atoms with Gasteiger partial charge in [-0.25, -0.2) is 17.9 Å². The molecule has 2 rings (SSSR count). The van der Waals surface area contributed by atoms with Crippen LogP contribution in [-0.4, -0.2) is 57.9 Å². The molecule has 0 radical (unpaired) electrons. The second kappa shape index (κ2) is 8.16. The first kappa shape index (κ1) is 17.6. The van der Waals surface area contributed by atoms with Crippen molar-refractivity contribution in [2.24, 2.45) is 0 Å². The molecule has 0 bridgehead atoms. The Hall–Kier alpha value is -1.80. The van der Waals surface area contributed by atoms with Gasteiger partial charge >= 0.3 is 6.03 Å². The van der Waals surface area contributed by atoms with Gasteiger partial charge in [-0.05, 0) is 25.0 Å². The minimum atomic E-state index is -3.25. The van der Waals surface area contributed by atoms with Crippen molar-refractivity contribution < 1.29 is 17.9 Å². The van der Waals surface area contributed by atoms with Crippen LogP contribution in [0.2, 0.25) is 0 Å². The Balaban J connectivity index is 1.70. The third-order valence-corrected chi connectivity index (χ3v) is 4.24. The topological polar surface area (TPSA) is 87.7 Å². The van der Waals surface area contributed by atoms with Gasteiger partial charge in [-0.15, -0.1) is 0 Å². The first-order valence-electron chi connectivity index (χ1n) is 7.62. The summed E-state index contributed by atoms with van der Waals surface area (Å²) in [6.45, 7) is 1.80. The highest BCUT2D eigenvalue weighted by Crippen LogP contribution is 2.11. The molecule has 1 saturated heterocycles. The van der Waals surface area contributed by atoms with Gasteiger partial charge in [0.15, 0.2) is 0 Å². The maximum absolute atomic E-state index is 12.1. The highest BCUT2D eigenvalue weighted by atomic mass is 32.2. The van der Waals surface area contributed by atoms with Crippen molar-refractivity contribution in [3.63, 3.8) is 0 Å². The van der Waals surface area contributed by atoms with Gasteiger partial charge in [0, 0.05) is 19.1 Å². The molecule has 23 heavy (non-hydrogen) atoms. The Morgan fingerprint density at radius 3 is 2.78 bits per heavy atom. The number of hydrogen-bond donors (Lipinski definition) is 2. The number of carbonyl (C=O) groups excluding carboxylic acids is 1. The molecule has 2 N–H and O–H groups in total. The fourth-order valence-electron chi connectivity index (χ4n) is 2.52. The SMILES string of the molecule is CS(=O)(=O)NC1CCCN(C(=O)NCCOc2ccccc2)C1. The number of hydrogen-bond acceptors (Lipinski definition) is 4. The molecule has 0 aromatic heterocycles. The van der Waals surface area contributed by atoms with Crippen molar-refractivity contribution in [2.45, 2.75) is 18.9 Å². The van der Waals surface area contributed by atoms with E-state index in [9.17, 15) is 13.2 Å². The monoisotopic (exact) mass is 341 g/mol. The molecule has 7 nitrogen and oxygen atoms in total. The maximum Gasteiger partial charge on any atom is 0.317 e. The fourth-order valence-corrected chi connectivity index (χ4v) is 3.31. The molecule has 0 aliphatic carbocycles. The molecule has 8 heteroatoms. The van der Waals surface area contributed by atoms with Crippen molar-refractivity contribution in [3.8, 4) is 5.75 Å². The number of benzene rings is 1. The average Bonchev–Trinajstić information content (AvgIpc) is 2.51. The molecular formula is C15H23N3O4S. The van der Waals surface area contributed by atoms with Crippen molar-refractivity contribution in [3.05, 3.63) is 30.3 Å². The van der Waals surface area contributed by atoms with E-state index in [1.807, 2.05) is 30.3 Å². The zero-order chi connectivity index (χ0) is 16.7. The molecular weight excluding hydrogens is 318 g/mol. The Labute approximate surface area is 137 Å². The van der Waals surface area contributed by atoms with Crippen LogP contribution in [0.25, 0.3) is 0 Å². The molecule has 2 amide bonds. The Kier molecular flexibility index (Phi) is 6.23. The minimum Gasteiger partial charge on any atom is -0.492 e. The minimum absolute atomic E-state index is 0.193. The van der Waals surface area contributed by atoms with Crippen molar-refractivity contribution in [2.75, 3.05) is 32.5 Å². The first-order chi connectivity index (χ1) is 10.9. The maximum atomic E-state index is 12.1. The average molecular weight is 341 g/mol. The fraction of sp³-hybridized carbons (Fsp3) is 0.533. The summed E-state index contributed by atoms with van der Waals surface area (Å²) in [4.78, 5) is 13.7. The molecule has 128 valence electrons. The second-order valence-corrected chi connectivity index (χ2v) is 7.35. The lowest BCUT2D eigenvalue weighted by molar-refractivity contribution is 0.175. The third-order valence-electron chi connectivity index (χ3n) is 3.48. The summed E-state index contributed by atoms with van der Waals surface area (Å²) in [5.41, 5.74) is 0. The lowest BCUT2D eigenvalue weighted by Gasteiger charge is -2.32. The van der Waals surface area contributed by atoms with E-state index in [-0.39, 0.29) is 12.1 Å². The van der Waals surface area contributed by atoms with Gasteiger partial charge in [0.05, 0.1) is 12.8 Å². The Bertz CT molecular complexity index is 606. The van der Waals surface area contributed by atoms with E-state index in [0.29, 0.717) is 26.2 Å². The summed E-state index contributed by atoms with van der Waals surface area (Å²) in [6, 6.07) is 8.98. The Morgan fingerprint density at radius 2 is 2.09 bits per heavy atom. The van der Waals surface area contributed by atoms with Crippen molar-refractivity contribution in [1.29, 1.82) is 0 Å². The van der Waals surface area contributed by atoms with Crippen LogP contribution in [-0.2, 0) is 10.0 Å². The van der Waals surface area contributed by atoms with E-state index in [2.05, 4.69) is 10.0 Å². The zero-order valence-electron chi connectivity index (χ0n) is 13.2. The number of nitrogens with zero attached hydrogens (tertiary/aromatic N) is 1. The highest BCUT2D eigenvalue weighted by molar-refractivity contribution is 7.88. The van der Waals surface area contributed by atoms with Crippen molar-refractivity contribution in [1.82, 2.24) is 14.9 Å². The lowest BCUT2D eigenvalue weighted by atomic mass is 10.1. The second-order valence-electron chi connectivity index (χ2n) is 5.57. The van der Waals surface area contributed by atoms with E-state index >= 15 is 0 Å². The van der Waals surface area contributed by atoms with Crippen molar-refractivity contribution >= 4 is 16.1 Å². The number of amides is 2. The van der Waals surface area contributed by atoms with Gasteiger partial charge in [-0.3, -0.25) is 0 Å². The number of urea groups is 1. The predicted octanol–water partition coefficient (Wildman–Crippen LogP) is 0.789. The van der Waals surface area contributed by atoms with Gasteiger partial charge in [0.1, 0.15) is 12.4 Å².